The summed E-state index contributed by atoms with van der Waals surface area (Å²) in [4.78, 5) is 17.9. The summed E-state index contributed by atoms with van der Waals surface area (Å²) in [6.07, 6.45) is 7.35. The van der Waals surface area contributed by atoms with Crippen molar-refractivity contribution in [1.29, 1.82) is 0 Å². The van der Waals surface area contributed by atoms with Gasteiger partial charge in [-0.2, -0.15) is 0 Å². The van der Waals surface area contributed by atoms with Gasteiger partial charge in [0.2, 0.25) is 0 Å². The molecule has 100 valence electrons. The number of aromatic nitrogens is 2. The minimum Gasteiger partial charge on any atom is -0.478 e. The summed E-state index contributed by atoms with van der Waals surface area (Å²) in [6, 6.07) is 3.57. The van der Waals surface area contributed by atoms with Crippen LogP contribution in [0.15, 0.2) is 24.5 Å². The standard InChI is InChI=1S/C14H17N3O2/c1-16-6-3-2-4-12(16)11-9-17-7-5-10(14(18)19)8-13(17)15-11/h5,7-9,12H,2-4,6H2,1H3,(H,18,19). The Labute approximate surface area is 111 Å². The van der Waals surface area contributed by atoms with Crippen LogP contribution < -0.4 is 0 Å². The molecule has 3 rings (SSSR count). The number of nitrogens with zero attached hydrogens (tertiary/aromatic N) is 3. The SMILES string of the molecule is CN1CCCCC1c1cn2ccc(C(=O)O)cc2n1. The molecule has 1 N–H and O–H groups in total. The number of carboxylic acids is 1. The molecule has 0 aliphatic carbocycles. The van der Waals surface area contributed by atoms with E-state index in [1.165, 1.54) is 12.8 Å². The predicted octanol–water partition coefficient (Wildman–Crippen LogP) is 2.19. The number of piperidine rings is 1. The fourth-order valence-electron chi connectivity index (χ4n) is 2.74. The van der Waals surface area contributed by atoms with Gasteiger partial charge in [-0.1, -0.05) is 6.42 Å². The molecule has 2 aromatic rings. The minimum atomic E-state index is -0.915. The highest BCUT2D eigenvalue weighted by atomic mass is 16.4. The van der Waals surface area contributed by atoms with E-state index in [2.05, 4.69) is 16.9 Å². The van der Waals surface area contributed by atoms with Crippen LogP contribution in [0.4, 0.5) is 0 Å². The summed E-state index contributed by atoms with van der Waals surface area (Å²) in [6.45, 7) is 1.10. The van der Waals surface area contributed by atoms with Crippen LogP contribution in [0.2, 0.25) is 0 Å². The van der Waals surface area contributed by atoms with Crippen LogP contribution >= 0.6 is 0 Å². The van der Waals surface area contributed by atoms with Gasteiger partial charge in [0, 0.05) is 12.4 Å². The highest BCUT2D eigenvalue weighted by molar-refractivity contribution is 5.88. The van der Waals surface area contributed by atoms with Crippen LogP contribution in [0, 0.1) is 0 Å². The van der Waals surface area contributed by atoms with E-state index in [0.29, 0.717) is 11.7 Å². The highest BCUT2D eigenvalue weighted by Crippen LogP contribution is 2.28. The summed E-state index contributed by atoms with van der Waals surface area (Å²) in [5.74, 6) is -0.915. The lowest BCUT2D eigenvalue weighted by atomic mass is 10.0. The normalized spacial score (nSPS) is 20.8. The van der Waals surface area contributed by atoms with Crippen molar-refractivity contribution in [2.45, 2.75) is 25.3 Å². The van der Waals surface area contributed by atoms with Gasteiger partial charge < -0.3 is 9.51 Å². The fourth-order valence-corrected chi connectivity index (χ4v) is 2.74. The van der Waals surface area contributed by atoms with Crippen molar-refractivity contribution >= 4 is 11.6 Å². The number of likely N-dealkylation sites (tertiary alicyclic amines) is 1. The van der Waals surface area contributed by atoms with E-state index in [-0.39, 0.29) is 5.56 Å². The molecule has 5 nitrogen and oxygen atoms in total. The quantitative estimate of drug-likeness (QED) is 0.898. The first-order chi connectivity index (χ1) is 9.15. The summed E-state index contributed by atoms with van der Waals surface area (Å²) < 4.78 is 1.89. The van der Waals surface area contributed by atoms with Crippen LogP contribution in [-0.4, -0.2) is 39.0 Å². The summed E-state index contributed by atoms with van der Waals surface area (Å²) in [5.41, 5.74) is 2.01. The maximum absolute atomic E-state index is 11.0. The summed E-state index contributed by atoms with van der Waals surface area (Å²) in [5, 5.41) is 9.00. The van der Waals surface area contributed by atoms with Crippen molar-refractivity contribution in [3.8, 4) is 0 Å². The second-order valence-corrected chi connectivity index (χ2v) is 5.14. The molecule has 0 radical (unpaired) electrons. The highest BCUT2D eigenvalue weighted by Gasteiger charge is 2.23. The molecule has 19 heavy (non-hydrogen) atoms. The molecular weight excluding hydrogens is 242 g/mol. The third kappa shape index (κ3) is 2.21. The van der Waals surface area contributed by atoms with Crippen molar-refractivity contribution in [2.24, 2.45) is 0 Å². The molecule has 3 heterocycles. The second-order valence-electron chi connectivity index (χ2n) is 5.14. The molecule has 5 heteroatoms. The maximum Gasteiger partial charge on any atom is 0.335 e. The van der Waals surface area contributed by atoms with Gasteiger partial charge in [0.05, 0.1) is 17.3 Å². The summed E-state index contributed by atoms with van der Waals surface area (Å²) in [7, 11) is 2.12. The number of aromatic carboxylic acids is 1. The van der Waals surface area contributed by atoms with E-state index in [1.807, 2.05) is 10.6 Å². The predicted molar refractivity (Wildman–Crippen MR) is 71.4 cm³/mol. The van der Waals surface area contributed by atoms with Crippen molar-refractivity contribution in [3.05, 3.63) is 35.8 Å². The van der Waals surface area contributed by atoms with E-state index in [9.17, 15) is 4.79 Å². The van der Waals surface area contributed by atoms with Crippen molar-refractivity contribution < 1.29 is 9.90 Å². The average Bonchev–Trinajstić information content (AvgIpc) is 2.81. The van der Waals surface area contributed by atoms with Gasteiger partial charge in [-0.05, 0) is 38.6 Å². The van der Waals surface area contributed by atoms with E-state index < -0.39 is 5.97 Å². The first kappa shape index (κ1) is 12.2. The van der Waals surface area contributed by atoms with Gasteiger partial charge in [0.15, 0.2) is 0 Å². The Morgan fingerprint density at radius 3 is 3.05 bits per heavy atom. The molecule has 0 amide bonds. The van der Waals surface area contributed by atoms with Crippen molar-refractivity contribution in [1.82, 2.24) is 14.3 Å². The molecule has 1 unspecified atom stereocenters. The molecule has 0 spiro atoms. The Hall–Kier alpha value is -1.88. The molecule has 0 bridgehead atoms. The molecule has 0 saturated carbocycles. The first-order valence-electron chi connectivity index (χ1n) is 6.57. The smallest absolute Gasteiger partial charge is 0.335 e. The van der Waals surface area contributed by atoms with Gasteiger partial charge in [-0.3, -0.25) is 4.90 Å². The Morgan fingerprint density at radius 2 is 2.32 bits per heavy atom. The van der Waals surface area contributed by atoms with Crippen LogP contribution in [-0.2, 0) is 0 Å². The number of hydrogen-bond donors (Lipinski definition) is 1. The zero-order chi connectivity index (χ0) is 13.4. The lowest BCUT2D eigenvalue weighted by molar-refractivity contribution is 0.0697. The number of carboxylic acid groups (broad SMARTS) is 1. The molecular formula is C14H17N3O2. The molecule has 1 fully saturated rings. The van der Waals surface area contributed by atoms with Crippen LogP contribution in [0.1, 0.15) is 41.4 Å². The van der Waals surface area contributed by atoms with Crippen LogP contribution in [0.3, 0.4) is 0 Å². The number of hydrogen-bond acceptors (Lipinski definition) is 3. The first-order valence-corrected chi connectivity index (χ1v) is 6.57. The average molecular weight is 259 g/mol. The van der Waals surface area contributed by atoms with E-state index in [4.69, 9.17) is 5.11 Å². The minimum absolute atomic E-state index is 0.279. The monoisotopic (exact) mass is 259 g/mol. The fraction of sp³-hybridized carbons (Fsp3) is 0.429. The van der Waals surface area contributed by atoms with Crippen LogP contribution in [0.5, 0.6) is 0 Å². The molecule has 1 saturated heterocycles. The van der Waals surface area contributed by atoms with Crippen molar-refractivity contribution in [2.75, 3.05) is 13.6 Å². The topological polar surface area (TPSA) is 57.8 Å². The molecule has 0 aromatic carbocycles. The lowest BCUT2D eigenvalue weighted by Gasteiger charge is -2.31. The van der Waals surface area contributed by atoms with Gasteiger partial charge in [0.25, 0.3) is 0 Å². The number of carbonyl (C=O) groups is 1. The third-order valence-electron chi connectivity index (χ3n) is 3.84. The Morgan fingerprint density at radius 1 is 1.47 bits per heavy atom. The van der Waals surface area contributed by atoms with Gasteiger partial charge >= 0.3 is 5.97 Å². The number of fused-ring (bicyclic) bond motifs is 1. The summed E-state index contributed by atoms with van der Waals surface area (Å²) >= 11 is 0. The maximum atomic E-state index is 11.0. The second kappa shape index (κ2) is 4.66. The molecule has 1 aliphatic rings. The van der Waals surface area contributed by atoms with Crippen molar-refractivity contribution in [3.63, 3.8) is 0 Å². The van der Waals surface area contributed by atoms with Gasteiger partial charge in [-0.15, -0.1) is 0 Å². The zero-order valence-electron chi connectivity index (χ0n) is 10.9. The van der Waals surface area contributed by atoms with E-state index in [0.717, 1.165) is 18.7 Å². The number of imidazole rings is 1. The van der Waals surface area contributed by atoms with Gasteiger partial charge in [-0.25, -0.2) is 9.78 Å². The molecule has 2 aromatic heterocycles. The lowest BCUT2D eigenvalue weighted by Crippen LogP contribution is -2.29. The molecule has 1 atom stereocenters. The molecule has 1 aliphatic heterocycles. The van der Waals surface area contributed by atoms with Crippen LogP contribution in [0.25, 0.3) is 5.65 Å². The number of pyridine rings is 1. The largest absolute Gasteiger partial charge is 0.478 e. The zero-order valence-corrected chi connectivity index (χ0v) is 10.9. The van der Waals surface area contributed by atoms with E-state index in [1.54, 1.807) is 18.3 Å². The Balaban J connectivity index is 1.99. The third-order valence-corrected chi connectivity index (χ3v) is 3.84. The van der Waals surface area contributed by atoms with Gasteiger partial charge in [0.1, 0.15) is 5.65 Å². The Bertz CT molecular complexity index is 620. The van der Waals surface area contributed by atoms with E-state index >= 15 is 0 Å². The Kier molecular flexibility index (Phi) is 2.98. The number of rotatable bonds is 2.